The van der Waals surface area contributed by atoms with Gasteiger partial charge in [0, 0.05) is 30.7 Å². The van der Waals surface area contributed by atoms with Crippen LogP contribution in [0.25, 0.3) is 0 Å². The fourth-order valence-electron chi connectivity index (χ4n) is 4.38. The van der Waals surface area contributed by atoms with Crippen molar-refractivity contribution in [3.05, 3.63) is 0 Å². The van der Waals surface area contributed by atoms with E-state index in [-0.39, 0.29) is 0 Å². The lowest BCUT2D eigenvalue weighted by Crippen LogP contribution is -2.51. The largest absolute Gasteiger partial charge is 0.328 e. The van der Waals surface area contributed by atoms with Crippen LogP contribution in [0.5, 0.6) is 0 Å². The van der Waals surface area contributed by atoms with Crippen LogP contribution in [-0.2, 0) is 0 Å². The Balaban J connectivity index is 1.62. The van der Waals surface area contributed by atoms with Crippen molar-refractivity contribution in [2.24, 2.45) is 5.73 Å². The summed E-state index contributed by atoms with van der Waals surface area (Å²) in [5.41, 5.74) is 6.14. The van der Waals surface area contributed by atoms with Crippen molar-refractivity contribution in [3.63, 3.8) is 0 Å². The lowest BCUT2D eigenvalue weighted by molar-refractivity contribution is 0.0914. The van der Waals surface area contributed by atoms with Gasteiger partial charge < -0.3 is 5.73 Å². The van der Waals surface area contributed by atoms with Crippen molar-refractivity contribution in [1.29, 1.82) is 0 Å². The van der Waals surface area contributed by atoms with Gasteiger partial charge in [0.1, 0.15) is 0 Å². The van der Waals surface area contributed by atoms with E-state index >= 15 is 0 Å². The summed E-state index contributed by atoms with van der Waals surface area (Å²) in [6, 6.07) is 2.93. The van der Waals surface area contributed by atoms with Gasteiger partial charge in [-0.25, -0.2) is 0 Å². The molecule has 0 spiro atoms. The molecule has 3 heterocycles. The fourth-order valence-corrected chi connectivity index (χ4v) is 4.38. The summed E-state index contributed by atoms with van der Waals surface area (Å²) in [5, 5.41) is 0. The highest BCUT2D eigenvalue weighted by Crippen LogP contribution is 2.36. The number of nitrogens with two attached hydrogens (primary N) is 1. The Hall–Kier alpha value is -0.120. The van der Waals surface area contributed by atoms with E-state index in [4.69, 9.17) is 5.73 Å². The van der Waals surface area contributed by atoms with Gasteiger partial charge in [-0.05, 0) is 51.6 Å². The molecule has 3 nitrogen and oxygen atoms in total. The molecule has 17 heavy (non-hydrogen) atoms. The van der Waals surface area contributed by atoms with Crippen molar-refractivity contribution >= 4 is 0 Å². The molecule has 2 N–H and O–H groups in total. The normalized spacial score (nSPS) is 43.4. The van der Waals surface area contributed by atoms with Crippen LogP contribution in [0.3, 0.4) is 0 Å². The Morgan fingerprint density at radius 1 is 1.12 bits per heavy atom. The van der Waals surface area contributed by atoms with Crippen LogP contribution in [0.1, 0.15) is 45.4 Å². The maximum Gasteiger partial charge on any atom is 0.0223 e. The van der Waals surface area contributed by atoms with Crippen LogP contribution >= 0.6 is 0 Å². The summed E-state index contributed by atoms with van der Waals surface area (Å²) in [6.45, 7) is 6.17. The lowest BCUT2D eigenvalue weighted by atomic mass is 9.97. The van der Waals surface area contributed by atoms with E-state index in [0.717, 1.165) is 18.1 Å². The monoisotopic (exact) mass is 237 g/mol. The highest BCUT2D eigenvalue weighted by Gasteiger charge is 2.41. The molecule has 0 aromatic carbocycles. The third-order valence-corrected chi connectivity index (χ3v) is 5.25. The van der Waals surface area contributed by atoms with Crippen LogP contribution in [0.2, 0.25) is 0 Å². The first-order valence-electron chi connectivity index (χ1n) is 7.53. The second-order valence-corrected chi connectivity index (χ2v) is 6.24. The highest BCUT2D eigenvalue weighted by atomic mass is 15.3. The molecule has 3 unspecified atom stereocenters. The molecule has 0 amide bonds. The van der Waals surface area contributed by atoms with E-state index in [1.54, 1.807) is 0 Å². The maximum atomic E-state index is 6.14. The van der Waals surface area contributed by atoms with Crippen molar-refractivity contribution in [2.75, 3.05) is 19.6 Å². The predicted molar refractivity (Wildman–Crippen MR) is 71.0 cm³/mol. The zero-order valence-electron chi connectivity index (χ0n) is 11.1. The van der Waals surface area contributed by atoms with Gasteiger partial charge in [-0.3, -0.25) is 9.80 Å². The van der Waals surface area contributed by atoms with Crippen LogP contribution in [0.4, 0.5) is 0 Å². The van der Waals surface area contributed by atoms with Crippen LogP contribution < -0.4 is 5.73 Å². The van der Waals surface area contributed by atoms with Gasteiger partial charge >= 0.3 is 0 Å². The number of likely N-dealkylation sites (tertiary alicyclic amines) is 1. The average Bonchev–Trinajstić information content (AvgIpc) is 2.84. The average molecular weight is 237 g/mol. The number of likely N-dealkylation sites (N-methyl/N-ethyl adjacent to an activating group) is 1. The zero-order valence-corrected chi connectivity index (χ0v) is 11.1. The first-order chi connectivity index (χ1) is 8.28. The first kappa shape index (κ1) is 11.9. The van der Waals surface area contributed by atoms with Gasteiger partial charge in [0.15, 0.2) is 0 Å². The molecule has 0 aromatic heterocycles. The number of rotatable bonds is 3. The van der Waals surface area contributed by atoms with Gasteiger partial charge in [0.25, 0.3) is 0 Å². The Morgan fingerprint density at radius 2 is 1.82 bits per heavy atom. The molecule has 3 atom stereocenters. The molecule has 0 aromatic rings. The fraction of sp³-hybridized carbons (Fsp3) is 1.00. The molecule has 0 saturated carbocycles. The molecule has 3 aliphatic heterocycles. The van der Waals surface area contributed by atoms with E-state index in [1.807, 2.05) is 0 Å². The van der Waals surface area contributed by atoms with Gasteiger partial charge in [0.2, 0.25) is 0 Å². The highest BCUT2D eigenvalue weighted by molar-refractivity contribution is 4.98. The minimum atomic E-state index is 0.481. The standard InChI is InChI=1S/C14H27N3/c1-2-16-7-3-4-14(16)10-17-12-5-6-13(17)9-11(15)8-12/h11-14H,2-10,15H2,1H3. The number of piperidine rings is 1. The Morgan fingerprint density at radius 3 is 2.47 bits per heavy atom. The van der Waals surface area contributed by atoms with Crippen LogP contribution in [-0.4, -0.2) is 53.6 Å². The molecule has 3 fully saturated rings. The maximum absolute atomic E-state index is 6.14. The van der Waals surface area contributed by atoms with Gasteiger partial charge in [0.05, 0.1) is 0 Å². The summed E-state index contributed by atoms with van der Waals surface area (Å²) >= 11 is 0. The molecule has 3 rings (SSSR count). The summed E-state index contributed by atoms with van der Waals surface area (Å²) in [6.07, 6.45) is 8.11. The summed E-state index contributed by atoms with van der Waals surface area (Å²) in [5.74, 6) is 0. The SMILES string of the molecule is CCN1CCCC1CN1C2CCC1CC(N)C2. The van der Waals surface area contributed by atoms with Gasteiger partial charge in [-0.2, -0.15) is 0 Å². The third-order valence-electron chi connectivity index (χ3n) is 5.25. The van der Waals surface area contributed by atoms with Crippen molar-refractivity contribution < 1.29 is 0 Å². The number of fused-ring (bicyclic) bond motifs is 2. The number of hydrogen-bond donors (Lipinski definition) is 1. The van der Waals surface area contributed by atoms with Gasteiger partial charge in [-0.15, -0.1) is 0 Å². The second-order valence-electron chi connectivity index (χ2n) is 6.24. The quantitative estimate of drug-likeness (QED) is 0.806. The van der Waals surface area contributed by atoms with E-state index < -0.39 is 0 Å². The molecule has 0 radical (unpaired) electrons. The molecule has 0 aliphatic carbocycles. The molecule has 3 heteroatoms. The smallest absolute Gasteiger partial charge is 0.0223 e. The number of nitrogens with zero attached hydrogens (tertiary/aromatic N) is 2. The van der Waals surface area contributed by atoms with Crippen molar-refractivity contribution in [3.8, 4) is 0 Å². The summed E-state index contributed by atoms with van der Waals surface area (Å²) in [7, 11) is 0. The van der Waals surface area contributed by atoms with Crippen molar-refractivity contribution in [2.45, 2.75) is 69.6 Å². The predicted octanol–water partition coefficient (Wildman–Crippen LogP) is 1.42. The molecular formula is C14H27N3. The van der Waals surface area contributed by atoms with E-state index in [1.165, 1.54) is 58.2 Å². The van der Waals surface area contributed by atoms with E-state index in [9.17, 15) is 0 Å². The van der Waals surface area contributed by atoms with Crippen LogP contribution in [0, 0.1) is 0 Å². The first-order valence-corrected chi connectivity index (χ1v) is 7.53. The van der Waals surface area contributed by atoms with Gasteiger partial charge in [-0.1, -0.05) is 6.92 Å². The molecule has 98 valence electrons. The Labute approximate surface area is 105 Å². The molecule has 2 bridgehead atoms. The molecule has 3 aliphatic rings. The Bertz CT molecular complexity index is 254. The third kappa shape index (κ3) is 2.25. The summed E-state index contributed by atoms with van der Waals surface area (Å²) < 4.78 is 0. The Kier molecular flexibility index (Phi) is 3.42. The van der Waals surface area contributed by atoms with Crippen molar-refractivity contribution in [1.82, 2.24) is 9.80 Å². The lowest BCUT2D eigenvalue weighted by Gasteiger charge is -2.40. The molecular weight excluding hydrogens is 210 g/mol. The topological polar surface area (TPSA) is 32.5 Å². The zero-order chi connectivity index (χ0) is 11.8. The number of hydrogen-bond acceptors (Lipinski definition) is 3. The second kappa shape index (κ2) is 4.87. The van der Waals surface area contributed by atoms with E-state index in [2.05, 4.69) is 16.7 Å². The minimum Gasteiger partial charge on any atom is -0.328 e. The van der Waals surface area contributed by atoms with E-state index in [0.29, 0.717) is 6.04 Å². The molecule has 3 saturated heterocycles. The summed E-state index contributed by atoms with van der Waals surface area (Å²) in [4.78, 5) is 5.48. The van der Waals surface area contributed by atoms with Crippen LogP contribution in [0.15, 0.2) is 0 Å². The minimum absolute atomic E-state index is 0.481.